The number of rotatable bonds is 14. The number of fused-ring (bicyclic) bond motifs is 3. The Hall–Kier alpha value is -12.7. The van der Waals surface area contributed by atoms with Crippen LogP contribution in [0.4, 0.5) is 72.3 Å². The van der Waals surface area contributed by atoms with Crippen molar-refractivity contribution in [3.05, 3.63) is 132 Å². The van der Waals surface area contributed by atoms with Crippen molar-refractivity contribution in [2.24, 2.45) is 0 Å². The molecule has 6 amide bonds. The molecule has 37 nitrogen and oxygen atoms in total. The van der Waals surface area contributed by atoms with Crippen molar-refractivity contribution < 1.29 is 43.0 Å². The van der Waals surface area contributed by atoms with Crippen molar-refractivity contribution in [2.45, 2.75) is 174 Å². The number of nitrogen functional groups attached to an aromatic ring is 2. The molecule has 14 heterocycles. The van der Waals surface area contributed by atoms with Crippen LogP contribution in [-0.2, 0) is 14.2 Å². The van der Waals surface area contributed by atoms with E-state index in [-0.39, 0.29) is 47.3 Å². The van der Waals surface area contributed by atoms with Crippen LogP contribution in [0.3, 0.4) is 0 Å². The lowest BCUT2D eigenvalue weighted by molar-refractivity contribution is 0.0230. The lowest BCUT2D eigenvalue weighted by Gasteiger charge is -2.36. The quantitative estimate of drug-likeness (QED) is 0.0498. The molecule has 0 unspecified atom stereocenters. The van der Waals surface area contributed by atoms with E-state index in [0.717, 1.165) is 160 Å². The van der Waals surface area contributed by atoms with E-state index >= 15 is 0 Å². The minimum Gasteiger partial charge on any atom is -0.444 e. The number of hydrogen-bond donors (Lipinski definition) is 5. The summed E-state index contributed by atoms with van der Waals surface area (Å²) >= 11 is 5.92. The number of hydrogen-bond acceptors (Lipinski definition) is 28. The van der Waals surface area contributed by atoms with Crippen LogP contribution in [0.2, 0.25) is 5.28 Å². The van der Waals surface area contributed by atoms with Crippen molar-refractivity contribution in [3.8, 4) is 0 Å². The number of halogens is 1. The number of carbonyl (C=O) groups excluding carboxylic acids is 6. The van der Waals surface area contributed by atoms with Crippen molar-refractivity contribution >= 4 is 139 Å². The number of nitrogens with one attached hydrogen (secondary N) is 3. The number of amides is 6. The highest BCUT2D eigenvalue weighted by atomic mass is 35.5. The number of nitrogens with two attached hydrogens (primary N) is 2. The van der Waals surface area contributed by atoms with Gasteiger partial charge >= 0.3 is 18.3 Å². The number of pyridine rings is 4. The Morgan fingerprint density at radius 1 is 0.374 bits per heavy atom. The van der Waals surface area contributed by atoms with Gasteiger partial charge in [0.15, 0.2) is 0 Å². The van der Waals surface area contributed by atoms with Crippen molar-refractivity contribution in [2.75, 3.05) is 189 Å². The second kappa shape index (κ2) is 42.5. The minimum atomic E-state index is -0.499. The number of piperazine rings is 4. The normalized spacial score (nSPS) is 16.5. The third kappa shape index (κ3) is 25.3. The molecule has 10 aromatic rings. The summed E-state index contributed by atoms with van der Waals surface area (Å²) in [5.74, 6) is 3.25. The van der Waals surface area contributed by atoms with Gasteiger partial charge in [-0.05, 0) is 179 Å². The highest BCUT2D eigenvalue weighted by Gasteiger charge is 2.34. The molecule has 17 rings (SSSR count). The number of ether oxygens (including phenoxy) is 3. The van der Waals surface area contributed by atoms with Crippen molar-refractivity contribution in [1.82, 2.24) is 98.3 Å². The molecule has 0 atom stereocenters. The first kappa shape index (κ1) is 95.9. The van der Waals surface area contributed by atoms with E-state index in [1.165, 1.54) is 25.7 Å². The van der Waals surface area contributed by atoms with Crippen LogP contribution in [0.1, 0.15) is 189 Å². The van der Waals surface area contributed by atoms with Gasteiger partial charge in [0.25, 0.3) is 17.7 Å². The first-order valence-corrected chi connectivity index (χ1v) is 45.8. The van der Waals surface area contributed by atoms with E-state index in [0.29, 0.717) is 117 Å². The first-order valence-electron chi connectivity index (χ1n) is 45.4. The summed E-state index contributed by atoms with van der Waals surface area (Å²) in [4.78, 5) is 138. The van der Waals surface area contributed by atoms with E-state index < -0.39 is 16.8 Å². The molecule has 38 heteroatoms. The molecule has 7 N–H and O–H groups in total. The van der Waals surface area contributed by atoms with Gasteiger partial charge in [0.1, 0.15) is 74.1 Å². The molecule has 4 aliphatic heterocycles. The molecular formula is C93H129ClN28O9. The Morgan fingerprint density at radius 2 is 0.656 bits per heavy atom. The monoisotopic (exact) mass is 1820 g/mol. The van der Waals surface area contributed by atoms with Crippen LogP contribution in [0, 0.1) is 0 Å². The molecule has 0 bridgehead atoms. The standard InChI is InChI=1S/C28H38N8O3.C23H30N8O.C14H17ClN4O.2C14H22N4O2/c1-28(2,3)39-27(38)35-14-12-34(13-15-35)21-10-11-23(29-18-21)31-26-30-17-19-16-22(25(37)33(4)5)36(24(19)32-26)20-8-6-7-9-20;1-29(2)22(32)19-13-16-14-26-23(28-21(16)31(19)17-5-3-4-6-17)27-20-8-7-18(15-25-20)30-11-9-24-10-12-30;1-18(2)13(20)11-7-9-8-16-14(15)17-12(9)19(11)10-5-3-4-6-10;2*1-14(2,3)20-13(19)18-8-6-17(7-9-18)11-4-5-12(15)16-10-11/h10-11,16-18,20H,6-9,12-15H2,1-5H3,(H,29,30,31,32);7-8,13-15,17,24H,3-6,9-12H2,1-2H3,(H,25,26,27,28);7-8,10H,3-6H2,1-2H3;2*4-5,10H,6-9H2,1-3H3,(H2,15,16). The molecular weight excluding hydrogens is 1690 g/mol. The molecule has 7 fully saturated rings. The molecule has 0 spiro atoms. The van der Waals surface area contributed by atoms with E-state index in [1.54, 1.807) is 115 Å². The van der Waals surface area contributed by atoms with E-state index in [2.05, 4.69) is 95.2 Å². The second-order valence-corrected chi connectivity index (χ2v) is 37.8. The van der Waals surface area contributed by atoms with Gasteiger partial charge in [0.2, 0.25) is 17.2 Å². The Morgan fingerprint density at radius 3 is 0.931 bits per heavy atom. The molecule has 7 aliphatic rings. The van der Waals surface area contributed by atoms with Crippen LogP contribution in [0.5, 0.6) is 0 Å². The molecule has 0 radical (unpaired) electrons. The Labute approximate surface area is 771 Å². The number of carbonyl (C=O) groups is 6. The SMILES string of the molecule is CC(C)(C)OC(=O)N1CCN(c2ccc(N)nc2)CC1.CC(C)(C)OC(=O)N1CCN(c2ccc(N)nc2)CC1.CN(C)C(=O)c1cc2cnc(Cl)nc2n1C1CCCC1.CN(C)C(=O)c1cc2cnc(Nc3ccc(N4CCN(C(=O)OC(C)(C)C)CC4)cn3)nc2n1C1CCCC1.CN(C)C(=O)c1cc2cnc(Nc3ccc(N4CCNCC4)cn3)nc2n1C1CCCC1. The van der Waals surface area contributed by atoms with Crippen LogP contribution >= 0.6 is 11.6 Å². The number of anilines is 10. The van der Waals surface area contributed by atoms with Crippen LogP contribution < -0.4 is 47.0 Å². The molecule has 3 saturated carbocycles. The second-order valence-electron chi connectivity index (χ2n) is 37.5. The molecule has 10 aromatic heterocycles. The summed E-state index contributed by atoms with van der Waals surface area (Å²) in [6.45, 7) is 29.1. The Balaban J connectivity index is 0.000000144. The van der Waals surface area contributed by atoms with Crippen LogP contribution in [0.15, 0.2) is 110 Å². The maximum absolute atomic E-state index is 12.9. The van der Waals surface area contributed by atoms with Gasteiger partial charge in [-0.3, -0.25) is 14.4 Å². The fourth-order valence-electron chi connectivity index (χ4n) is 16.9. The molecule has 3 aliphatic carbocycles. The van der Waals surface area contributed by atoms with E-state index in [4.69, 9.17) is 47.2 Å². The molecule has 702 valence electrons. The van der Waals surface area contributed by atoms with Gasteiger partial charge in [-0.25, -0.2) is 49.3 Å². The predicted molar refractivity (Wildman–Crippen MR) is 512 cm³/mol. The van der Waals surface area contributed by atoms with Crippen molar-refractivity contribution in [3.63, 3.8) is 0 Å². The third-order valence-corrected chi connectivity index (χ3v) is 23.7. The maximum atomic E-state index is 12.9. The van der Waals surface area contributed by atoms with Crippen LogP contribution in [0.25, 0.3) is 33.1 Å². The first-order chi connectivity index (χ1) is 62.5. The zero-order valence-electron chi connectivity index (χ0n) is 78.4. The van der Waals surface area contributed by atoms with E-state index in [9.17, 15) is 28.8 Å². The number of nitrogens with zero attached hydrogens (tertiary/aromatic N) is 23. The lowest BCUT2D eigenvalue weighted by atomic mass is 10.2. The Bertz CT molecular complexity index is 5440. The summed E-state index contributed by atoms with van der Waals surface area (Å²) in [7, 11) is 10.6. The summed E-state index contributed by atoms with van der Waals surface area (Å²) in [5, 5.41) is 12.6. The van der Waals surface area contributed by atoms with Crippen LogP contribution in [-0.4, -0.2) is 293 Å². The smallest absolute Gasteiger partial charge is 0.410 e. The van der Waals surface area contributed by atoms with Gasteiger partial charge in [-0.2, -0.15) is 15.0 Å². The van der Waals surface area contributed by atoms with Crippen molar-refractivity contribution in [1.29, 1.82) is 0 Å². The van der Waals surface area contributed by atoms with E-state index in [1.807, 2.05) is 123 Å². The van der Waals surface area contributed by atoms with Gasteiger partial charge in [0.05, 0.1) is 47.5 Å². The third-order valence-electron chi connectivity index (χ3n) is 23.5. The molecule has 0 aromatic carbocycles. The lowest BCUT2D eigenvalue weighted by Crippen LogP contribution is -2.50. The fraction of sp³-hybridized carbons (Fsp3) is 0.527. The zero-order valence-corrected chi connectivity index (χ0v) is 79.2. The average Bonchev–Trinajstić information content (AvgIpc) is 1.63. The highest BCUT2D eigenvalue weighted by molar-refractivity contribution is 6.28. The Kier molecular flexibility index (Phi) is 31.1. The minimum absolute atomic E-state index is 0.00502. The molecule has 4 saturated heterocycles. The van der Waals surface area contributed by atoms with Gasteiger partial charge < -0.3 is 104 Å². The zero-order chi connectivity index (χ0) is 93.6. The summed E-state index contributed by atoms with van der Waals surface area (Å²) in [6, 6.07) is 22.0. The summed E-state index contributed by atoms with van der Waals surface area (Å²) in [6.07, 6.45) is 25.2. The summed E-state index contributed by atoms with van der Waals surface area (Å²) in [5.41, 5.74) is 18.3. The number of aromatic nitrogens is 13. The average molecular weight is 1820 g/mol. The van der Waals surface area contributed by atoms with Gasteiger partial charge in [0, 0.05) is 200 Å². The maximum Gasteiger partial charge on any atom is 0.410 e. The topological polar surface area (TPSA) is 394 Å². The molecule has 131 heavy (non-hydrogen) atoms. The largest absolute Gasteiger partial charge is 0.444 e. The highest BCUT2D eigenvalue weighted by Crippen LogP contribution is 2.39. The van der Waals surface area contributed by atoms with Gasteiger partial charge in [-0.1, -0.05) is 38.5 Å². The summed E-state index contributed by atoms with van der Waals surface area (Å²) < 4.78 is 22.5. The predicted octanol–water partition coefficient (Wildman–Crippen LogP) is 13.6. The fourth-order valence-corrected chi connectivity index (χ4v) is 17.1. The van der Waals surface area contributed by atoms with Gasteiger partial charge in [-0.15, -0.1) is 0 Å².